The van der Waals surface area contributed by atoms with E-state index in [-0.39, 0.29) is 0 Å². The molecule has 0 radical (unpaired) electrons. The summed E-state index contributed by atoms with van der Waals surface area (Å²) in [5, 5.41) is 1.07. The molecule has 0 saturated carbocycles. The van der Waals surface area contributed by atoms with Crippen LogP contribution in [0.15, 0.2) is 0 Å². The normalized spacial score (nSPS) is 11.8. The largest absolute Gasteiger partial charge is 0.519 e. The average Bonchev–Trinajstić information content (AvgIpc) is 2.13. The van der Waals surface area contributed by atoms with Gasteiger partial charge < -0.3 is 0 Å². The standard InChI is InChI=1S/C10H21.Al.2ClH/c1-5-9-10(6-2,7-3)8-4;;;/h1,5-9H2,2-4H3;;2*1H/q;+2;;/p-2. The molecule has 0 saturated heterocycles. The minimum absolute atomic E-state index is 0.567. The van der Waals surface area contributed by atoms with Crippen LogP contribution >= 0.6 is 20.1 Å². The highest BCUT2D eigenvalue weighted by molar-refractivity contribution is 7.33. The Kier molecular flexibility index (Phi) is 8.04. The predicted octanol–water partition coefficient (Wildman–Crippen LogP) is 4.95. The van der Waals surface area contributed by atoms with Gasteiger partial charge in [0.05, 0.1) is 0 Å². The van der Waals surface area contributed by atoms with Crippen molar-refractivity contribution < 1.29 is 0 Å². The Labute approximate surface area is 95.8 Å². The van der Waals surface area contributed by atoms with E-state index in [1.165, 1.54) is 32.1 Å². The van der Waals surface area contributed by atoms with Crippen LogP contribution < -0.4 is 0 Å². The van der Waals surface area contributed by atoms with E-state index in [1.54, 1.807) is 0 Å². The number of hydrogen-bond donors (Lipinski definition) is 0. The number of halogens is 2. The smallest absolute Gasteiger partial charge is 0.234 e. The topological polar surface area (TPSA) is 0 Å². The maximum atomic E-state index is 5.84. The molecule has 0 unspecified atom stereocenters. The third kappa shape index (κ3) is 5.53. The molecule has 0 N–H and O–H groups in total. The van der Waals surface area contributed by atoms with Crippen LogP contribution in [0.3, 0.4) is 0 Å². The SMILES string of the molecule is CCC(CC)(CC)CC[CH2][Al]([Cl])[Cl]. The summed E-state index contributed by atoms with van der Waals surface area (Å²) >= 11 is -1.35. The van der Waals surface area contributed by atoms with Crippen LogP contribution in [0.1, 0.15) is 52.9 Å². The van der Waals surface area contributed by atoms with Crippen LogP contribution in [-0.4, -0.2) is 12.3 Å². The van der Waals surface area contributed by atoms with E-state index >= 15 is 0 Å². The fraction of sp³-hybridized carbons (Fsp3) is 1.00. The van der Waals surface area contributed by atoms with Crippen LogP contribution in [0.2, 0.25) is 5.28 Å². The fourth-order valence-electron chi connectivity index (χ4n) is 1.91. The summed E-state index contributed by atoms with van der Waals surface area (Å²) in [5.74, 6) is 0. The third-order valence-corrected chi connectivity index (χ3v) is 5.53. The average molecular weight is 239 g/mol. The molecule has 0 spiro atoms. The van der Waals surface area contributed by atoms with Gasteiger partial charge >= 0.3 is 12.3 Å². The van der Waals surface area contributed by atoms with Gasteiger partial charge in [-0.05, 0) is 11.8 Å². The Morgan fingerprint density at radius 1 is 1.00 bits per heavy atom. The van der Waals surface area contributed by atoms with Crippen molar-refractivity contribution in [3.63, 3.8) is 0 Å². The Bertz CT molecular complexity index is 114. The van der Waals surface area contributed by atoms with Crippen molar-refractivity contribution in [1.29, 1.82) is 0 Å². The highest BCUT2D eigenvalue weighted by Gasteiger charge is 2.24. The van der Waals surface area contributed by atoms with E-state index in [0.717, 1.165) is 5.28 Å². The molecule has 0 aliphatic rings. The second-order valence-electron chi connectivity index (χ2n) is 3.84. The summed E-state index contributed by atoms with van der Waals surface area (Å²) in [4.78, 5) is 0. The zero-order valence-corrected chi connectivity index (χ0v) is 11.7. The summed E-state index contributed by atoms with van der Waals surface area (Å²) in [5.41, 5.74) is 0.567. The molecule has 0 heterocycles. The van der Waals surface area contributed by atoms with Gasteiger partial charge in [-0.1, -0.05) is 51.7 Å². The molecule has 0 aromatic heterocycles. The van der Waals surface area contributed by atoms with Crippen LogP contribution in [0.25, 0.3) is 0 Å². The lowest BCUT2D eigenvalue weighted by atomic mass is 9.76. The van der Waals surface area contributed by atoms with Crippen molar-refractivity contribution >= 4 is 32.4 Å². The van der Waals surface area contributed by atoms with Crippen molar-refractivity contribution in [2.45, 2.75) is 58.2 Å². The van der Waals surface area contributed by atoms with E-state index < -0.39 is 12.3 Å². The van der Waals surface area contributed by atoms with Gasteiger partial charge in [0.15, 0.2) is 0 Å². The first-order valence-corrected chi connectivity index (χ1v) is 9.69. The van der Waals surface area contributed by atoms with Gasteiger partial charge in [0, 0.05) is 0 Å². The molecule has 0 rings (SSSR count). The second kappa shape index (κ2) is 7.41. The molecule has 0 fully saturated rings. The summed E-state index contributed by atoms with van der Waals surface area (Å²) in [6.45, 7) is 6.88. The first kappa shape index (κ1) is 14.1. The molecule has 0 aliphatic carbocycles. The summed E-state index contributed by atoms with van der Waals surface area (Å²) in [6.07, 6.45) is 6.39. The van der Waals surface area contributed by atoms with Gasteiger partial charge in [0.2, 0.25) is 0 Å². The molecular formula is C10H21AlCl2. The van der Waals surface area contributed by atoms with Crippen LogP contribution in [0.4, 0.5) is 0 Å². The summed E-state index contributed by atoms with van der Waals surface area (Å²) in [6, 6.07) is 0. The van der Waals surface area contributed by atoms with Crippen LogP contribution in [-0.2, 0) is 0 Å². The van der Waals surface area contributed by atoms with E-state index in [1.807, 2.05) is 0 Å². The van der Waals surface area contributed by atoms with E-state index in [0.29, 0.717) is 5.41 Å². The highest BCUT2D eigenvalue weighted by atomic mass is 35.7. The molecule has 13 heavy (non-hydrogen) atoms. The number of hydrogen-bond acceptors (Lipinski definition) is 0. The monoisotopic (exact) mass is 238 g/mol. The molecular weight excluding hydrogens is 218 g/mol. The molecule has 0 aromatic rings. The number of rotatable bonds is 7. The highest BCUT2D eigenvalue weighted by Crippen LogP contribution is 2.36. The Balaban J connectivity index is 3.81. The summed E-state index contributed by atoms with van der Waals surface area (Å²) < 4.78 is 0. The van der Waals surface area contributed by atoms with Crippen molar-refractivity contribution in [1.82, 2.24) is 0 Å². The van der Waals surface area contributed by atoms with Crippen molar-refractivity contribution in [3.05, 3.63) is 0 Å². The van der Waals surface area contributed by atoms with E-state index in [9.17, 15) is 0 Å². The van der Waals surface area contributed by atoms with Crippen molar-refractivity contribution in [2.75, 3.05) is 0 Å². The van der Waals surface area contributed by atoms with E-state index in [2.05, 4.69) is 20.8 Å². The van der Waals surface area contributed by atoms with Gasteiger partial charge in [0.25, 0.3) is 0 Å². The lowest BCUT2D eigenvalue weighted by Gasteiger charge is -2.30. The molecule has 0 atom stereocenters. The lowest BCUT2D eigenvalue weighted by Crippen LogP contribution is -2.17. The van der Waals surface area contributed by atoms with Crippen LogP contribution in [0.5, 0.6) is 0 Å². The molecule has 0 aliphatic heterocycles. The van der Waals surface area contributed by atoms with Gasteiger partial charge in [0.1, 0.15) is 0 Å². The minimum atomic E-state index is -1.35. The van der Waals surface area contributed by atoms with E-state index in [4.69, 9.17) is 20.1 Å². The second-order valence-corrected chi connectivity index (χ2v) is 9.03. The van der Waals surface area contributed by atoms with Gasteiger partial charge in [-0.3, -0.25) is 0 Å². The third-order valence-electron chi connectivity index (χ3n) is 3.38. The summed E-state index contributed by atoms with van der Waals surface area (Å²) in [7, 11) is 11.7. The first-order chi connectivity index (χ1) is 6.10. The molecule has 0 nitrogen and oxygen atoms in total. The van der Waals surface area contributed by atoms with Crippen molar-refractivity contribution in [3.8, 4) is 0 Å². The van der Waals surface area contributed by atoms with Crippen LogP contribution in [0, 0.1) is 5.41 Å². The lowest BCUT2D eigenvalue weighted by molar-refractivity contribution is 0.226. The van der Waals surface area contributed by atoms with Gasteiger partial charge in [-0.15, -0.1) is 0 Å². The van der Waals surface area contributed by atoms with Gasteiger partial charge in [-0.2, -0.15) is 0 Å². The maximum Gasteiger partial charge on any atom is 0.519 e. The van der Waals surface area contributed by atoms with Crippen molar-refractivity contribution in [2.24, 2.45) is 5.41 Å². The Morgan fingerprint density at radius 3 is 1.77 bits per heavy atom. The quantitative estimate of drug-likeness (QED) is 0.551. The maximum absolute atomic E-state index is 5.84. The molecule has 0 bridgehead atoms. The minimum Gasteiger partial charge on any atom is -0.234 e. The molecule has 3 heteroatoms. The fourth-order valence-corrected chi connectivity index (χ4v) is 3.35. The Hall–Kier alpha value is 1.11. The molecule has 78 valence electrons. The first-order valence-electron chi connectivity index (χ1n) is 5.38. The van der Waals surface area contributed by atoms with Gasteiger partial charge in [-0.25, -0.2) is 20.1 Å². The Morgan fingerprint density at radius 2 is 1.46 bits per heavy atom. The zero-order chi connectivity index (χ0) is 10.3. The zero-order valence-electron chi connectivity index (χ0n) is 9.08. The molecule has 0 amide bonds. The predicted molar refractivity (Wildman–Crippen MR) is 64.8 cm³/mol. The molecule has 0 aromatic carbocycles.